The predicted octanol–water partition coefficient (Wildman–Crippen LogP) is 2.60. The first-order valence-electron chi connectivity index (χ1n) is 9.03. The molecule has 6 nitrogen and oxygen atoms in total. The minimum Gasteiger partial charge on any atom is -0.457 e. The van der Waals surface area contributed by atoms with Gasteiger partial charge in [0.15, 0.2) is 5.11 Å². The third-order valence-electron chi connectivity index (χ3n) is 4.76. The van der Waals surface area contributed by atoms with E-state index in [0.717, 1.165) is 30.6 Å². The Balaban J connectivity index is 1.43. The fraction of sp³-hybridized carbons (Fsp3) is 0.300. The van der Waals surface area contributed by atoms with Gasteiger partial charge in [-0.15, -0.1) is 0 Å². The summed E-state index contributed by atoms with van der Waals surface area (Å²) < 4.78 is 11.5. The van der Waals surface area contributed by atoms with Crippen molar-refractivity contribution in [3.8, 4) is 11.5 Å². The zero-order valence-corrected chi connectivity index (χ0v) is 15.6. The molecule has 0 spiro atoms. The lowest BCUT2D eigenvalue weighted by Crippen LogP contribution is -2.49. The molecule has 1 amide bonds. The van der Waals surface area contributed by atoms with E-state index in [0.29, 0.717) is 23.2 Å². The van der Waals surface area contributed by atoms with E-state index in [1.54, 1.807) is 0 Å². The average molecular weight is 383 g/mol. The molecule has 1 fully saturated rings. The van der Waals surface area contributed by atoms with E-state index < -0.39 is 5.92 Å². The van der Waals surface area contributed by atoms with Crippen molar-refractivity contribution in [2.45, 2.75) is 24.9 Å². The number of nitrogens with one attached hydrogen (secondary N) is 3. The zero-order chi connectivity index (χ0) is 18.6. The molecule has 1 saturated heterocycles. The van der Waals surface area contributed by atoms with Crippen LogP contribution < -0.4 is 20.9 Å². The van der Waals surface area contributed by atoms with E-state index in [4.69, 9.17) is 21.7 Å². The second-order valence-electron chi connectivity index (χ2n) is 6.57. The molecule has 0 bridgehead atoms. The molecule has 7 heteroatoms. The standard InChI is InChI=1S/C20H21N3O3S/c24-19(22-23-20(27)21-12-13-6-5-11-25-13)18-14-7-1-3-9-16(14)26-17-10-4-2-8-15(17)18/h1-4,7-10,13,18H,5-6,11-12H2,(H,22,24)(H2,21,23,27). The van der Waals surface area contributed by atoms with Crippen LogP contribution in [0.3, 0.4) is 0 Å². The molecule has 1 atom stereocenters. The van der Waals surface area contributed by atoms with Gasteiger partial charge in [0.1, 0.15) is 11.5 Å². The lowest BCUT2D eigenvalue weighted by Gasteiger charge is -2.27. The van der Waals surface area contributed by atoms with E-state index in [2.05, 4.69) is 16.2 Å². The fourth-order valence-electron chi connectivity index (χ4n) is 3.44. The van der Waals surface area contributed by atoms with Crippen molar-refractivity contribution in [2.75, 3.05) is 13.2 Å². The van der Waals surface area contributed by atoms with E-state index in [9.17, 15) is 4.79 Å². The molecule has 0 saturated carbocycles. The monoisotopic (exact) mass is 383 g/mol. The molecule has 2 aliphatic rings. The van der Waals surface area contributed by atoms with Crippen molar-refractivity contribution in [1.29, 1.82) is 0 Å². The number of ether oxygens (including phenoxy) is 2. The quantitative estimate of drug-likeness (QED) is 0.559. The van der Waals surface area contributed by atoms with Crippen LogP contribution >= 0.6 is 12.2 Å². The molecular formula is C20H21N3O3S. The first-order valence-corrected chi connectivity index (χ1v) is 9.44. The van der Waals surface area contributed by atoms with Crippen molar-refractivity contribution >= 4 is 23.2 Å². The summed E-state index contributed by atoms with van der Waals surface area (Å²) in [6, 6.07) is 15.1. The van der Waals surface area contributed by atoms with Crippen LogP contribution in [0.4, 0.5) is 0 Å². The maximum absolute atomic E-state index is 12.9. The van der Waals surface area contributed by atoms with Crippen molar-refractivity contribution in [3.63, 3.8) is 0 Å². The summed E-state index contributed by atoms with van der Waals surface area (Å²) in [4.78, 5) is 12.9. The highest BCUT2D eigenvalue weighted by Crippen LogP contribution is 2.43. The highest BCUT2D eigenvalue weighted by molar-refractivity contribution is 7.80. The Bertz CT molecular complexity index is 806. The normalized spacial score (nSPS) is 18.0. The van der Waals surface area contributed by atoms with Gasteiger partial charge in [-0.2, -0.15) is 0 Å². The molecule has 0 radical (unpaired) electrons. The van der Waals surface area contributed by atoms with Gasteiger partial charge in [0.25, 0.3) is 5.91 Å². The summed E-state index contributed by atoms with van der Waals surface area (Å²) in [5, 5.41) is 3.45. The first-order chi connectivity index (χ1) is 13.2. The number of fused-ring (bicyclic) bond motifs is 2. The van der Waals surface area contributed by atoms with Gasteiger partial charge in [0.05, 0.1) is 12.0 Å². The van der Waals surface area contributed by atoms with Gasteiger partial charge >= 0.3 is 0 Å². The van der Waals surface area contributed by atoms with Gasteiger partial charge in [0.2, 0.25) is 0 Å². The lowest BCUT2D eigenvalue weighted by atomic mass is 9.87. The maximum Gasteiger partial charge on any atom is 0.250 e. The molecular weight excluding hydrogens is 362 g/mol. The molecule has 2 aliphatic heterocycles. The van der Waals surface area contributed by atoms with Crippen LogP contribution in [0.25, 0.3) is 0 Å². The number of carbonyl (C=O) groups is 1. The Hall–Kier alpha value is -2.64. The van der Waals surface area contributed by atoms with Crippen LogP contribution in [0.2, 0.25) is 0 Å². The predicted molar refractivity (Wildman–Crippen MR) is 106 cm³/mol. The summed E-state index contributed by atoms with van der Waals surface area (Å²) in [5.74, 6) is 0.713. The minimum absolute atomic E-state index is 0.176. The molecule has 4 rings (SSSR count). The maximum atomic E-state index is 12.9. The number of hydrogen-bond donors (Lipinski definition) is 3. The van der Waals surface area contributed by atoms with Gasteiger partial charge in [0, 0.05) is 24.3 Å². The second kappa shape index (κ2) is 7.94. The van der Waals surface area contributed by atoms with Gasteiger partial charge in [-0.1, -0.05) is 36.4 Å². The number of hydrogen-bond acceptors (Lipinski definition) is 4. The fourth-order valence-corrected chi connectivity index (χ4v) is 3.57. The molecule has 2 aromatic carbocycles. The SMILES string of the molecule is O=C(NNC(=S)NCC1CCCO1)C1c2ccccc2Oc2ccccc21. The number of para-hydroxylation sites is 2. The number of hydrazine groups is 1. The Kier molecular flexibility index (Phi) is 5.22. The molecule has 1 unspecified atom stereocenters. The number of carbonyl (C=O) groups excluding carboxylic acids is 1. The highest BCUT2D eigenvalue weighted by atomic mass is 32.1. The van der Waals surface area contributed by atoms with E-state index >= 15 is 0 Å². The topological polar surface area (TPSA) is 71.6 Å². The van der Waals surface area contributed by atoms with Crippen molar-refractivity contribution in [3.05, 3.63) is 59.7 Å². The summed E-state index contributed by atoms with van der Waals surface area (Å²) >= 11 is 5.25. The van der Waals surface area contributed by atoms with Crippen LogP contribution in [-0.2, 0) is 9.53 Å². The van der Waals surface area contributed by atoms with Crippen LogP contribution in [-0.4, -0.2) is 30.3 Å². The Morgan fingerprint density at radius 3 is 2.33 bits per heavy atom. The van der Waals surface area contributed by atoms with Gasteiger partial charge in [-0.25, -0.2) is 0 Å². The number of rotatable bonds is 3. The average Bonchev–Trinajstić information content (AvgIpc) is 3.22. The van der Waals surface area contributed by atoms with Crippen molar-refractivity contribution < 1.29 is 14.3 Å². The summed E-state index contributed by atoms with van der Waals surface area (Å²) in [5.41, 5.74) is 7.17. The van der Waals surface area contributed by atoms with Crippen LogP contribution in [0, 0.1) is 0 Å². The smallest absolute Gasteiger partial charge is 0.250 e. The largest absolute Gasteiger partial charge is 0.457 e. The highest BCUT2D eigenvalue weighted by Gasteiger charge is 2.32. The third kappa shape index (κ3) is 3.89. The Morgan fingerprint density at radius 1 is 1.04 bits per heavy atom. The number of benzene rings is 2. The molecule has 0 aromatic heterocycles. The second-order valence-corrected chi connectivity index (χ2v) is 6.98. The summed E-state index contributed by atoms with van der Waals surface area (Å²) in [6.07, 6.45) is 2.28. The molecule has 3 N–H and O–H groups in total. The lowest BCUT2D eigenvalue weighted by molar-refractivity contribution is -0.122. The van der Waals surface area contributed by atoms with Crippen LogP contribution in [0.5, 0.6) is 11.5 Å². The molecule has 27 heavy (non-hydrogen) atoms. The summed E-state index contributed by atoms with van der Waals surface area (Å²) in [7, 11) is 0. The van der Waals surface area contributed by atoms with Gasteiger partial charge < -0.3 is 14.8 Å². The molecule has 2 aromatic rings. The van der Waals surface area contributed by atoms with E-state index in [1.165, 1.54) is 0 Å². The number of amides is 1. The van der Waals surface area contributed by atoms with Crippen LogP contribution in [0.1, 0.15) is 29.9 Å². The zero-order valence-electron chi connectivity index (χ0n) is 14.7. The number of thiocarbonyl (C=S) groups is 1. The third-order valence-corrected chi connectivity index (χ3v) is 5.00. The van der Waals surface area contributed by atoms with Gasteiger partial charge in [-0.3, -0.25) is 15.6 Å². The summed E-state index contributed by atoms with van der Waals surface area (Å²) in [6.45, 7) is 1.43. The van der Waals surface area contributed by atoms with Crippen molar-refractivity contribution in [1.82, 2.24) is 16.2 Å². The Morgan fingerprint density at radius 2 is 1.70 bits per heavy atom. The first kappa shape index (κ1) is 17.8. The van der Waals surface area contributed by atoms with Crippen molar-refractivity contribution in [2.24, 2.45) is 0 Å². The van der Waals surface area contributed by atoms with Crippen LogP contribution in [0.15, 0.2) is 48.5 Å². The van der Waals surface area contributed by atoms with Gasteiger partial charge in [-0.05, 0) is 37.2 Å². The molecule has 140 valence electrons. The minimum atomic E-state index is -0.473. The van der Waals surface area contributed by atoms with E-state index in [-0.39, 0.29) is 12.0 Å². The molecule has 2 heterocycles. The Labute approximate surface area is 163 Å². The molecule has 0 aliphatic carbocycles. The van der Waals surface area contributed by atoms with E-state index in [1.807, 2.05) is 48.5 Å².